The minimum atomic E-state index is -4.34. The number of carbonyl (C=O) groups excluding carboxylic acids is 3. The Bertz CT molecular complexity index is 3540. The number of nitrogens with zero attached hydrogens (tertiary/aromatic N) is 1. The molecule has 5 aliphatic heterocycles. The molecule has 626 valence electrons. The van der Waals surface area contributed by atoms with Gasteiger partial charge in [0.05, 0.1) is 102 Å². The summed E-state index contributed by atoms with van der Waals surface area (Å²) in [6.07, 6.45) is 6.31. The molecule has 2 aromatic rings. The van der Waals surface area contributed by atoms with E-state index in [4.69, 9.17) is 61.1 Å². The Balaban J connectivity index is 0.000000383. The number of nitrogens with two attached hydrogens (primary N) is 2. The van der Waals surface area contributed by atoms with Crippen molar-refractivity contribution in [3.63, 3.8) is 0 Å². The number of allylic oxidation sites excluding steroid dienone is 13. The SMILES string of the molecule is CC1CC2OC2/C=C\C=C\C(=O)Cc2c(Cl)c(O)cc(O)c2C(=O)O1.COCCCC/C(=N\OCCN)c1ccc(C(F)(F)F)cc1.C[C@@H]1[C@H](O)[C@@H](C)/C=C/C=C/CC/C=C/C=C/C=C/C=C/[C@H](O[C@@H]2O[C@H](C)[C@@H](O)[C@H](N)[C@@H]2O)C[C@@H]2O[C@](O)(C[C@@H](O)[C@H](O)CC[C@@H](O)C[C@@H](O)C[C@@H](O)CC(=O)O[C@H]1C)C[C@H](O)[C@H]2C(=O)O. The summed E-state index contributed by atoms with van der Waals surface area (Å²) in [7, 11) is 1.62. The number of carbonyl (C=O) groups is 4. The average molecular weight is 1610 g/mol. The monoisotopic (exact) mass is 1610 g/mol. The lowest BCUT2D eigenvalue weighted by Crippen LogP contribution is -2.61. The van der Waals surface area contributed by atoms with Crippen LogP contribution in [0.15, 0.2) is 133 Å². The Hall–Kier alpha value is -7.09. The van der Waals surface area contributed by atoms with E-state index in [1.54, 1.807) is 64.3 Å². The summed E-state index contributed by atoms with van der Waals surface area (Å²) in [5.74, 6) is -8.87. The Morgan fingerprint density at radius 1 is 0.696 bits per heavy atom. The number of ketones is 1. The number of unbranched alkanes of at least 4 members (excludes halogenated alkanes) is 1. The van der Waals surface area contributed by atoms with Crippen LogP contribution >= 0.6 is 11.6 Å². The number of epoxide rings is 1. The van der Waals surface area contributed by atoms with Gasteiger partial charge in [0.15, 0.2) is 17.9 Å². The lowest BCUT2D eigenvalue weighted by atomic mass is 9.82. The maximum absolute atomic E-state index is 12.6. The number of aliphatic hydroxyl groups excluding tert-OH is 9. The first-order chi connectivity index (χ1) is 53.0. The summed E-state index contributed by atoms with van der Waals surface area (Å²) < 4.78 is 76.7. The highest BCUT2D eigenvalue weighted by atomic mass is 35.5. The van der Waals surface area contributed by atoms with Crippen molar-refractivity contribution in [2.45, 2.75) is 253 Å². The van der Waals surface area contributed by atoms with Gasteiger partial charge in [0, 0.05) is 75.8 Å². The molecule has 3 unspecified atom stereocenters. The number of benzene rings is 2. The number of alkyl halides is 3. The van der Waals surface area contributed by atoms with E-state index in [1.165, 1.54) is 31.2 Å². The van der Waals surface area contributed by atoms with Gasteiger partial charge in [-0.2, -0.15) is 13.2 Å². The molecule has 28 nitrogen and oxygen atoms in total. The number of phenols is 2. The number of aliphatic hydroxyl groups is 10. The lowest BCUT2D eigenvalue weighted by Gasteiger charge is -2.45. The van der Waals surface area contributed by atoms with Crippen LogP contribution in [0, 0.1) is 17.8 Å². The fraction of sp³-hybridized carbons (Fsp3) is 0.588. The van der Waals surface area contributed by atoms with Crippen LogP contribution in [-0.4, -0.2) is 238 Å². The van der Waals surface area contributed by atoms with E-state index >= 15 is 0 Å². The van der Waals surface area contributed by atoms with Crippen LogP contribution in [0.4, 0.5) is 13.2 Å². The molecule has 0 amide bonds. The van der Waals surface area contributed by atoms with E-state index in [-0.39, 0.29) is 85.2 Å². The summed E-state index contributed by atoms with van der Waals surface area (Å²) in [5, 5.41) is 142. The van der Waals surface area contributed by atoms with Crippen molar-refractivity contribution in [1.29, 1.82) is 0 Å². The number of methoxy groups -OCH3 is 1. The maximum Gasteiger partial charge on any atom is 0.416 e. The van der Waals surface area contributed by atoms with Gasteiger partial charge < -0.3 is 116 Å². The van der Waals surface area contributed by atoms with E-state index < -0.39 is 176 Å². The Kier molecular flexibility index (Phi) is 40.7. The molecule has 2 bridgehead atoms. The zero-order valence-corrected chi connectivity index (χ0v) is 64.6. The number of aromatic hydroxyl groups is 2. The van der Waals surface area contributed by atoms with Crippen LogP contribution in [0.5, 0.6) is 11.5 Å². The van der Waals surface area contributed by atoms with Gasteiger partial charge in [-0.05, 0) is 102 Å². The summed E-state index contributed by atoms with van der Waals surface area (Å²) in [6, 6.07) is 4.72. The molecule has 17 N–H and O–H groups in total. The van der Waals surface area contributed by atoms with Crippen LogP contribution in [0.1, 0.15) is 152 Å². The quantitative estimate of drug-likeness (QED) is 0.0340. The number of ether oxygens (including phenoxy) is 7. The minimum absolute atomic E-state index is 0.0348. The van der Waals surface area contributed by atoms with Crippen molar-refractivity contribution >= 4 is 41.0 Å². The van der Waals surface area contributed by atoms with Gasteiger partial charge in [-0.15, -0.1) is 0 Å². The molecule has 32 heteroatoms. The smallest absolute Gasteiger partial charge is 0.416 e. The number of aliphatic carboxylic acids is 1. The molecule has 0 aliphatic carbocycles. The summed E-state index contributed by atoms with van der Waals surface area (Å²) in [5.41, 5.74) is 11.7. The highest BCUT2D eigenvalue weighted by Gasteiger charge is 2.51. The molecule has 5 heterocycles. The first-order valence-electron chi connectivity index (χ1n) is 37.5. The largest absolute Gasteiger partial charge is 0.507 e. The lowest BCUT2D eigenvalue weighted by molar-refractivity contribution is -0.310. The van der Waals surface area contributed by atoms with E-state index in [0.29, 0.717) is 37.3 Å². The summed E-state index contributed by atoms with van der Waals surface area (Å²) in [6.45, 7) is 9.72. The van der Waals surface area contributed by atoms with Crippen LogP contribution < -0.4 is 11.5 Å². The van der Waals surface area contributed by atoms with Crippen molar-refractivity contribution in [3.05, 3.63) is 155 Å². The van der Waals surface area contributed by atoms with Gasteiger partial charge >= 0.3 is 24.1 Å². The van der Waals surface area contributed by atoms with Crippen molar-refractivity contribution in [2.75, 3.05) is 26.9 Å². The fourth-order valence-electron chi connectivity index (χ4n) is 12.7. The van der Waals surface area contributed by atoms with Crippen molar-refractivity contribution in [3.8, 4) is 11.5 Å². The number of carboxylic acid groups (broad SMARTS) is 1. The number of carboxylic acids is 1. The maximum atomic E-state index is 12.6. The molecule has 3 saturated heterocycles. The van der Waals surface area contributed by atoms with E-state index in [0.717, 1.165) is 43.9 Å². The van der Waals surface area contributed by atoms with E-state index in [2.05, 4.69) is 5.16 Å². The van der Waals surface area contributed by atoms with Crippen molar-refractivity contribution in [1.82, 2.24) is 0 Å². The predicted octanol–water partition coefficient (Wildman–Crippen LogP) is 6.83. The number of rotatable bonds is 12. The highest BCUT2D eigenvalue weighted by Crippen LogP contribution is 2.41. The second kappa shape index (κ2) is 47.7. The second-order valence-corrected chi connectivity index (χ2v) is 29.0. The molecule has 22 atom stereocenters. The average Bonchev–Trinajstić information content (AvgIpc) is 1.08. The number of hydrogen-bond acceptors (Lipinski definition) is 27. The Morgan fingerprint density at radius 3 is 1.99 bits per heavy atom. The van der Waals surface area contributed by atoms with Gasteiger partial charge in [0.25, 0.3) is 0 Å². The first kappa shape index (κ1) is 95.5. The van der Waals surface area contributed by atoms with E-state index in [1.807, 2.05) is 55.5 Å². The highest BCUT2D eigenvalue weighted by molar-refractivity contribution is 6.33. The molecule has 5 aliphatic rings. The number of cyclic esters (lactones) is 2. The zero-order valence-electron chi connectivity index (χ0n) is 63.8. The third-order valence-electron chi connectivity index (χ3n) is 19.2. The molecule has 0 spiro atoms. The molecule has 112 heavy (non-hydrogen) atoms. The molecule has 0 saturated carbocycles. The summed E-state index contributed by atoms with van der Waals surface area (Å²) >= 11 is 6.05. The Morgan fingerprint density at radius 2 is 1.33 bits per heavy atom. The predicted molar refractivity (Wildman–Crippen MR) is 406 cm³/mol. The molecule has 7 rings (SSSR count). The Labute approximate surface area is 655 Å². The number of oxime groups is 1. The minimum Gasteiger partial charge on any atom is -0.507 e. The van der Waals surface area contributed by atoms with Gasteiger partial charge in [0.1, 0.15) is 54.0 Å². The normalized spacial score (nSPS) is 35.2. The number of esters is 2. The molecule has 2 aromatic carbocycles. The van der Waals surface area contributed by atoms with Gasteiger partial charge in [-0.3, -0.25) is 14.4 Å². The van der Waals surface area contributed by atoms with Gasteiger partial charge in [-0.25, -0.2) is 4.79 Å². The third-order valence-corrected chi connectivity index (χ3v) is 19.7. The van der Waals surface area contributed by atoms with Crippen LogP contribution in [0.3, 0.4) is 0 Å². The van der Waals surface area contributed by atoms with Gasteiger partial charge in [-0.1, -0.05) is 134 Å². The molecule has 0 aromatic heterocycles. The van der Waals surface area contributed by atoms with Gasteiger partial charge in [0.2, 0.25) is 0 Å². The second-order valence-electron chi connectivity index (χ2n) is 28.6. The van der Waals surface area contributed by atoms with Crippen LogP contribution in [-0.2, 0) is 65.0 Å². The molecule has 3 fully saturated rings. The molecular formula is C80H113ClF3N3O25. The van der Waals surface area contributed by atoms with Crippen LogP contribution in [0.25, 0.3) is 0 Å². The number of hydrogen-bond donors (Lipinski definition) is 15. The number of phenolic OH excluding ortho intramolecular Hbond substituents is 2. The number of halogens is 4. The van der Waals surface area contributed by atoms with Crippen molar-refractivity contribution in [2.24, 2.45) is 34.4 Å². The fourth-order valence-corrected chi connectivity index (χ4v) is 12.9. The number of fused-ring (bicyclic) bond motifs is 4. The standard InChI is InChI=1S/C47H75NO17.C18H17ClO6.C15H21F3N2O2/c1-27-17-15-13-11-9-7-5-6-8-10-12-14-16-18-34(64-46-44(58)41(48)43(57)30(4)63-46)24-38-40(45(59)60)37(54)26-47(61,65-38)25-36(53)35(52)20-19-31(49)21-32(50)22-33(51)23-39(55)62-29(3)28(2)42(27)56;1-9-6-15-14(25-15)5-3-2-4-10(20)7-11-16(18(23)24-9)12(21)8-13(22)17(11)19;1-21-10-3-2-4-14(20-22-11-9-19)12-5-7-13(8-6-12)15(16,17)18/h5-6,8,10-18,27-38,40-44,46,49-54,56-58,61H,7,9,19-26,48H2,1-4H3,(H,59,60);2-5,8-9,14-15,21-22H,6-7H2,1H3;5-8H,2-4,9-11,19H2,1H3/b6-5+,10-8+,13-11+,14-12+,17-15+,18-16+;4-2+,5-3-;20-14+/t27-,28-,29-,30+,31+,32+,33+,34-,35+,36+,37-,38-,40+,41-,42+,43+,44-,46-,47+;;/m0../s1. The van der Waals surface area contributed by atoms with E-state index in [9.17, 15) is 98.7 Å². The molecule has 0 radical (unpaired) electrons. The topological polar surface area (TPSA) is 473 Å². The van der Waals surface area contributed by atoms with Crippen LogP contribution in [0.2, 0.25) is 5.02 Å². The molecular weight excluding hydrogens is 1500 g/mol. The first-order valence-corrected chi connectivity index (χ1v) is 37.9. The zero-order chi connectivity index (χ0) is 83.0. The van der Waals surface area contributed by atoms with Crippen molar-refractivity contribution < 1.29 is 137 Å². The summed E-state index contributed by atoms with van der Waals surface area (Å²) in [4.78, 5) is 54.8. The third kappa shape index (κ3) is 32.3.